The summed E-state index contributed by atoms with van der Waals surface area (Å²) in [6.07, 6.45) is 8.14. The molecule has 1 amide bonds. The van der Waals surface area contributed by atoms with Gasteiger partial charge >= 0.3 is 0 Å². The molecule has 0 unspecified atom stereocenters. The lowest BCUT2D eigenvalue weighted by Crippen LogP contribution is -2.42. The van der Waals surface area contributed by atoms with Gasteiger partial charge in [-0.2, -0.15) is 5.10 Å². The monoisotopic (exact) mass is 378 g/mol. The second-order valence-electron chi connectivity index (χ2n) is 6.62. The number of carbonyl (C=O) groups excluding carboxylic acids is 1. The lowest BCUT2D eigenvalue weighted by Gasteiger charge is -2.23. The van der Waals surface area contributed by atoms with Crippen LogP contribution in [-0.2, 0) is 6.54 Å². The second kappa shape index (κ2) is 8.57. The minimum Gasteiger partial charge on any atom is -0.350 e. The summed E-state index contributed by atoms with van der Waals surface area (Å²) in [5, 5.41) is 13.7. The molecule has 0 spiro atoms. The van der Waals surface area contributed by atoms with Crippen molar-refractivity contribution < 1.29 is 4.79 Å². The molecule has 1 saturated heterocycles. The summed E-state index contributed by atoms with van der Waals surface area (Å²) < 4.78 is 1.71. The van der Waals surface area contributed by atoms with E-state index in [-0.39, 0.29) is 11.9 Å². The van der Waals surface area contributed by atoms with E-state index >= 15 is 0 Å². The van der Waals surface area contributed by atoms with E-state index in [1.807, 2.05) is 24.3 Å². The highest BCUT2D eigenvalue weighted by molar-refractivity contribution is 5.93. The summed E-state index contributed by atoms with van der Waals surface area (Å²) in [5.74, 6) is 0.335. The van der Waals surface area contributed by atoms with Crippen molar-refractivity contribution in [1.29, 1.82) is 0 Å². The van der Waals surface area contributed by atoms with Crippen LogP contribution >= 0.6 is 0 Å². The molecule has 1 aliphatic rings. The average molecular weight is 378 g/mol. The first kappa shape index (κ1) is 18.1. The van der Waals surface area contributed by atoms with Crippen molar-refractivity contribution in [2.75, 3.05) is 18.4 Å². The minimum absolute atomic E-state index is 0.130. The highest BCUT2D eigenvalue weighted by atomic mass is 16.1. The van der Waals surface area contributed by atoms with Gasteiger partial charge in [0.25, 0.3) is 5.91 Å². The zero-order valence-corrected chi connectivity index (χ0v) is 15.4. The van der Waals surface area contributed by atoms with Gasteiger partial charge in [0.15, 0.2) is 0 Å². The molecule has 1 fully saturated rings. The molecule has 4 rings (SSSR count). The van der Waals surface area contributed by atoms with Gasteiger partial charge in [0.2, 0.25) is 5.95 Å². The van der Waals surface area contributed by atoms with Crippen LogP contribution in [0, 0.1) is 0 Å². The smallest absolute Gasteiger partial charge is 0.254 e. The number of nitrogens with zero attached hydrogens (tertiary/aromatic N) is 5. The Balaban J connectivity index is 1.37. The zero-order chi connectivity index (χ0) is 19.2. The molecule has 1 aliphatic heterocycles. The number of para-hydroxylation sites is 1. The Morgan fingerprint density at radius 3 is 2.71 bits per heavy atom. The summed E-state index contributed by atoms with van der Waals surface area (Å²) in [7, 11) is 0. The second-order valence-corrected chi connectivity index (χ2v) is 6.62. The number of nitrogens with one attached hydrogen (secondary N) is 3. The van der Waals surface area contributed by atoms with Crippen LogP contribution in [0.1, 0.15) is 28.8 Å². The molecule has 28 heavy (non-hydrogen) atoms. The van der Waals surface area contributed by atoms with Crippen LogP contribution < -0.4 is 16.0 Å². The number of anilines is 1. The van der Waals surface area contributed by atoms with Crippen LogP contribution in [0.15, 0.2) is 49.3 Å². The van der Waals surface area contributed by atoms with Crippen molar-refractivity contribution >= 4 is 11.9 Å². The fourth-order valence-electron chi connectivity index (χ4n) is 3.16. The van der Waals surface area contributed by atoms with Gasteiger partial charge in [-0.05, 0) is 37.6 Å². The molecule has 3 N–H and O–H groups in total. The molecule has 9 nitrogen and oxygen atoms in total. The Morgan fingerprint density at radius 1 is 1.18 bits per heavy atom. The van der Waals surface area contributed by atoms with E-state index < -0.39 is 0 Å². The average Bonchev–Trinajstić information content (AvgIpc) is 3.28. The van der Waals surface area contributed by atoms with E-state index in [0.717, 1.165) is 37.2 Å². The molecule has 0 atom stereocenters. The molecule has 3 aromatic rings. The summed E-state index contributed by atoms with van der Waals surface area (Å²) in [5.41, 5.74) is 2.43. The predicted molar refractivity (Wildman–Crippen MR) is 104 cm³/mol. The van der Waals surface area contributed by atoms with E-state index in [9.17, 15) is 4.79 Å². The minimum atomic E-state index is -0.130. The summed E-state index contributed by atoms with van der Waals surface area (Å²) in [6, 6.07) is 8.10. The highest BCUT2D eigenvalue weighted by Crippen LogP contribution is 2.14. The Labute approximate surface area is 162 Å². The quantitative estimate of drug-likeness (QED) is 0.590. The fraction of sp³-hybridized carbons (Fsp3) is 0.316. The molecule has 0 aliphatic carbocycles. The number of piperidine rings is 1. The van der Waals surface area contributed by atoms with Crippen LogP contribution in [0.3, 0.4) is 0 Å². The van der Waals surface area contributed by atoms with E-state index in [0.29, 0.717) is 18.1 Å². The van der Waals surface area contributed by atoms with Crippen molar-refractivity contribution in [3.8, 4) is 5.69 Å². The molecule has 1 aromatic carbocycles. The van der Waals surface area contributed by atoms with Gasteiger partial charge in [-0.3, -0.25) is 4.79 Å². The van der Waals surface area contributed by atoms with Crippen molar-refractivity contribution in [1.82, 2.24) is 35.4 Å². The van der Waals surface area contributed by atoms with Crippen molar-refractivity contribution in [2.24, 2.45) is 0 Å². The first-order valence-electron chi connectivity index (χ1n) is 9.30. The normalized spacial score (nSPS) is 14.6. The van der Waals surface area contributed by atoms with Crippen LogP contribution in [0.4, 0.5) is 5.95 Å². The van der Waals surface area contributed by atoms with Gasteiger partial charge in [-0.15, -0.1) is 0 Å². The Bertz CT molecular complexity index is 904. The van der Waals surface area contributed by atoms with Gasteiger partial charge in [-0.25, -0.2) is 19.6 Å². The van der Waals surface area contributed by atoms with E-state index in [1.54, 1.807) is 23.4 Å². The third kappa shape index (κ3) is 4.32. The number of rotatable bonds is 6. The number of hydrogen-bond donors (Lipinski definition) is 3. The van der Waals surface area contributed by atoms with E-state index in [2.05, 4.69) is 36.0 Å². The molecule has 9 heteroatoms. The van der Waals surface area contributed by atoms with Crippen molar-refractivity contribution in [3.63, 3.8) is 0 Å². The standard InChI is InChI=1S/C19H22N8O/c28-18(26-16-5-7-20-8-6-16)15-10-23-19(24-11-15)22-9-14-3-1-2-4-17(14)27-13-21-12-25-27/h1-4,10-13,16,20H,5-9H2,(H,26,28)(H,22,23,24). The Hall–Kier alpha value is -3.33. The molecular weight excluding hydrogens is 356 g/mol. The van der Waals surface area contributed by atoms with Gasteiger partial charge in [-0.1, -0.05) is 18.2 Å². The lowest BCUT2D eigenvalue weighted by atomic mass is 10.1. The molecule has 144 valence electrons. The van der Waals surface area contributed by atoms with E-state index in [1.165, 1.54) is 6.33 Å². The fourth-order valence-corrected chi connectivity index (χ4v) is 3.16. The van der Waals surface area contributed by atoms with Crippen LogP contribution in [0.5, 0.6) is 0 Å². The first-order chi connectivity index (χ1) is 13.8. The lowest BCUT2D eigenvalue weighted by molar-refractivity contribution is 0.0929. The van der Waals surface area contributed by atoms with E-state index in [4.69, 9.17) is 0 Å². The number of aromatic nitrogens is 5. The maximum atomic E-state index is 12.3. The summed E-state index contributed by atoms with van der Waals surface area (Å²) in [6.45, 7) is 2.39. The number of benzene rings is 1. The van der Waals surface area contributed by atoms with Gasteiger partial charge in [0.05, 0.1) is 11.3 Å². The third-order valence-corrected chi connectivity index (χ3v) is 4.68. The predicted octanol–water partition coefficient (Wildman–Crippen LogP) is 1.15. The van der Waals surface area contributed by atoms with Crippen LogP contribution in [-0.4, -0.2) is 49.8 Å². The number of carbonyl (C=O) groups is 1. The molecule has 0 bridgehead atoms. The number of hydrogen-bond acceptors (Lipinski definition) is 7. The largest absolute Gasteiger partial charge is 0.350 e. The van der Waals surface area contributed by atoms with Crippen molar-refractivity contribution in [3.05, 3.63) is 60.4 Å². The highest BCUT2D eigenvalue weighted by Gasteiger charge is 2.16. The molecule has 0 radical (unpaired) electrons. The maximum absolute atomic E-state index is 12.3. The Kier molecular flexibility index (Phi) is 5.53. The molecular formula is C19H22N8O. The van der Waals surface area contributed by atoms with Gasteiger partial charge < -0.3 is 16.0 Å². The van der Waals surface area contributed by atoms with Gasteiger partial charge in [0, 0.05) is 25.0 Å². The molecule has 2 aromatic heterocycles. The Morgan fingerprint density at radius 2 is 1.96 bits per heavy atom. The summed E-state index contributed by atoms with van der Waals surface area (Å²) in [4.78, 5) is 24.9. The van der Waals surface area contributed by atoms with Crippen LogP contribution in [0.2, 0.25) is 0 Å². The summed E-state index contributed by atoms with van der Waals surface area (Å²) >= 11 is 0. The number of amides is 1. The third-order valence-electron chi connectivity index (χ3n) is 4.68. The molecule has 0 saturated carbocycles. The topological polar surface area (TPSA) is 110 Å². The maximum Gasteiger partial charge on any atom is 0.254 e. The van der Waals surface area contributed by atoms with Crippen LogP contribution in [0.25, 0.3) is 5.69 Å². The SMILES string of the molecule is O=C(NC1CCNCC1)c1cnc(NCc2ccccc2-n2cncn2)nc1. The first-order valence-corrected chi connectivity index (χ1v) is 9.30. The zero-order valence-electron chi connectivity index (χ0n) is 15.4. The molecule has 3 heterocycles. The van der Waals surface area contributed by atoms with Gasteiger partial charge in [0.1, 0.15) is 12.7 Å². The van der Waals surface area contributed by atoms with Crippen molar-refractivity contribution in [2.45, 2.75) is 25.4 Å².